The lowest BCUT2D eigenvalue weighted by Crippen LogP contribution is -2.00. The molecule has 0 atom stereocenters. The van der Waals surface area contributed by atoms with Crippen molar-refractivity contribution in [3.05, 3.63) is 57.8 Å². The molecule has 0 N–H and O–H groups in total. The molecular weight excluding hydrogens is 304 g/mol. The molecule has 18 heavy (non-hydrogen) atoms. The summed E-state index contributed by atoms with van der Waals surface area (Å²) in [6, 6.07) is 5.15. The fraction of sp³-hybridized carbons (Fsp3) is 0.154. The topological polar surface area (TPSA) is 22.1 Å². The van der Waals surface area contributed by atoms with Gasteiger partial charge in [0.15, 0.2) is 0 Å². The maximum Gasteiger partial charge on any atom is 0.137 e. The Hall–Kier alpha value is -1.49. The standard InChI is InChI=1S/C13H10BrF2NO/c1-8-4-13(11(14)6-17-8)18-7-9-2-3-10(15)5-12(9)16/h2-6H,7H2,1H3. The van der Waals surface area contributed by atoms with Crippen LogP contribution in [0.4, 0.5) is 8.78 Å². The van der Waals surface area contributed by atoms with E-state index in [1.54, 1.807) is 12.3 Å². The van der Waals surface area contributed by atoms with Crippen molar-refractivity contribution in [3.63, 3.8) is 0 Å². The van der Waals surface area contributed by atoms with E-state index >= 15 is 0 Å². The molecule has 94 valence electrons. The van der Waals surface area contributed by atoms with E-state index in [0.29, 0.717) is 15.8 Å². The highest BCUT2D eigenvalue weighted by Gasteiger charge is 2.07. The van der Waals surface area contributed by atoms with Gasteiger partial charge in [-0.25, -0.2) is 8.78 Å². The normalized spacial score (nSPS) is 10.4. The summed E-state index contributed by atoms with van der Waals surface area (Å²) >= 11 is 3.29. The highest BCUT2D eigenvalue weighted by molar-refractivity contribution is 9.10. The minimum absolute atomic E-state index is 0.0359. The van der Waals surface area contributed by atoms with Gasteiger partial charge < -0.3 is 4.74 Å². The summed E-state index contributed by atoms with van der Waals surface area (Å²) in [6.45, 7) is 1.87. The molecule has 2 rings (SSSR count). The fourth-order valence-electron chi connectivity index (χ4n) is 1.42. The van der Waals surface area contributed by atoms with E-state index in [1.807, 2.05) is 6.92 Å². The summed E-state index contributed by atoms with van der Waals surface area (Å²) in [5.41, 5.74) is 1.10. The number of hydrogen-bond acceptors (Lipinski definition) is 2. The van der Waals surface area contributed by atoms with Gasteiger partial charge in [0.25, 0.3) is 0 Å². The minimum Gasteiger partial charge on any atom is -0.487 e. The zero-order chi connectivity index (χ0) is 13.1. The van der Waals surface area contributed by atoms with Crippen LogP contribution in [0.3, 0.4) is 0 Å². The molecule has 0 bridgehead atoms. The van der Waals surface area contributed by atoms with E-state index in [2.05, 4.69) is 20.9 Å². The van der Waals surface area contributed by atoms with Crippen LogP contribution in [0.1, 0.15) is 11.3 Å². The van der Waals surface area contributed by atoms with E-state index in [1.165, 1.54) is 12.1 Å². The summed E-state index contributed by atoms with van der Waals surface area (Å²) in [4.78, 5) is 4.07. The van der Waals surface area contributed by atoms with E-state index in [0.717, 1.165) is 11.8 Å². The van der Waals surface area contributed by atoms with Gasteiger partial charge in [-0.3, -0.25) is 4.98 Å². The molecule has 0 saturated heterocycles. The van der Waals surface area contributed by atoms with E-state index in [-0.39, 0.29) is 6.61 Å². The Bertz CT molecular complexity index is 575. The van der Waals surface area contributed by atoms with Crippen LogP contribution in [0, 0.1) is 18.6 Å². The second-order valence-electron chi connectivity index (χ2n) is 3.78. The monoisotopic (exact) mass is 313 g/mol. The Morgan fingerprint density at radius 2 is 2.06 bits per heavy atom. The molecule has 0 spiro atoms. The highest BCUT2D eigenvalue weighted by Crippen LogP contribution is 2.25. The van der Waals surface area contributed by atoms with Crippen LogP contribution >= 0.6 is 15.9 Å². The van der Waals surface area contributed by atoms with Crippen molar-refractivity contribution in [2.75, 3.05) is 0 Å². The van der Waals surface area contributed by atoms with Crippen LogP contribution in [0.25, 0.3) is 0 Å². The van der Waals surface area contributed by atoms with Crippen LogP contribution < -0.4 is 4.74 Å². The Labute approximate surface area is 112 Å². The van der Waals surface area contributed by atoms with Crippen molar-refractivity contribution >= 4 is 15.9 Å². The number of hydrogen-bond donors (Lipinski definition) is 0. The van der Waals surface area contributed by atoms with Gasteiger partial charge in [-0.05, 0) is 35.0 Å². The van der Waals surface area contributed by atoms with Crippen molar-refractivity contribution in [3.8, 4) is 5.75 Å². The van der Waals surface area contributed by atoms with Crippen molar-refractivity contribution in [2.24, 2.45) is 0 Å². The third-order valence-corrected chi connectivity index (χ3v) is 2.95. The van der Waals surface area contributed by atoms with E-state index in [9.17, 15) is 8.78 Å². The minimum atomic E-state index is -0.614. The highest BCUT2D eigenvalue weighted by atomic mass is 79.9. The molecule has 0 fully saturated rings. The first-order chi connectivity index (χ1) is 8.56. The number of halogens is 3. The molecule has 0 radical (unpaired) electrons. The van der Waals surface area contributed by atoms with Gasteiger partial charge in [0.05, 0.1) is 4.47 Å². The number of pyridine rings is 1. The first kappa shape index (κ1) is 13.0. The Morgan fingerprint density at radius 3 is 2.78 bits per heavy atom. The first-order valence-corrected chi connectivity index (χ1v) is 6.04. The third kappa shape index (κ3) is 3.04. The van der Waals surface area contributed by atoms with Crippen molar-refractivity contribution in [1.82, 2.24) is 4.98 Å². The molecule has 2 aromatic rings. The maximum absolute atomic E-state index is 13.4. The number of ether oxygens (including phenoxy) is 1. The summed E-state index contributed by atoms with van der Waals surface area (Å²) in [5, 5.41) is 0. The summed E-state index contributed by atoms with van der Waals surface area (Å²) in [7, 11) is 0. The Balaban J connectivity index is 2.13. The molecule has 0 saturated carbocycles. The number of rotatable bonds is 3. The molecule has 1 aromatic carbocycles. The Morgan fingerprint density at radius 1 is 1.28 bits per heavy atom. The summed E-state index contributed by atoms with van der Waals surface area (Å²) in [6.07, 6.45) is 1.62. The quantitative estimate of drug-likeness (QED) is 0.854. The van der Waals surface area contributed by atoms with Gasteiger partial charge in [0, 0.05) is 29.6 Å². The first-order valence-electron chi connectivity index (χ1n) is 5.25. The van der Waals surface area contributed by atoms with Crippen LogP contribution in [0.5, 0.6) is 5.75 Å². The van der Waals surface area contributed by atoms with Crippen molar-refractivity contribution in [1.29, 1.82) is 0 Å². The molecule has 0 amide bonds. The van der Waals surface area contributed by atoms with Crippen LogP contribution in [-0.4, -0.2) is 4.98 Å². The second kappa shape index (κ2) is 5.44. The van der Waals surface area contributed by atoms with Gasteiger partial charge in [-0.1, -0.05) is 0 Å². The molecule has 1 heterocycles. The SMILES string of the molecule is Cc1cc(OCc2ccc(F)cc2F)c(Br)cn1. The maximum atomic E-state index is 13.4. The molecule has 0 aliphatic heterocycles. The Kier molecular flexibility index (Phi) is 3.91. The molecule has 0 aliphatic rings. The molecular formula is C13H10BrF2NO. The molecule has 1 aromatic heterocycles. The number of nitrogens with zero attached hydrogens (tertiary/aromatic N) is 1. The largest absolute Gasteiger partial charge is 0.487 e. The molecule has 0 aliphatic carbocycles. The predicted octanol–water partition coefficient (Wildman–Crippen LogP) is 4.01. The third-order valence-electron chi connectivity index (χ3n) is 2.36. The number of aromatic nitrogens is 1. The van der Waals surface area contributed by atoms with Crippen LogP contribution in [-0.2, 0) is 6.61 Å². The van der Waals surface area contributed by atoms with Gasteiger partial charge in [-0.15, -0.1) is 0 Å². The van der Waals surface area contributed by atoms with Gasteiger partial charge in [-0.2, -0.15) is 0 Å². The van der Waals surface area contributed by atoms with Crippen molar-refractivity contribution < 1.29 is 13.5 Å². The van der Waals surface area contributed by atoms with Gasteiger partial charge in [0.2, 0.25) is 0 Å². The van der Waals surface area contributed by atoms with Crippen LogP contribution in [0.15, 0.2) is 34.9 Å². The lowest BCUT2D eigenvalue weighted by atomic mass is 10.2. The number of aryl methyl sites for hydroxylation is 1. The van der Waals surface area contributed by atoms with Crippen molar-refractivity contribution in [2.45, 2.75) is 13.5 Å². The zero-order valence-electron chi connectivity index (χ0n) is 9.58. The summed E-state index contributed by atoms with van der Waals surface area (Å²) in [5.74, 6) is -0.639. The molecule has 0 unspecified atom stereocenters. The summed E-state index contributed by atoms with van der Waals surface area (Å²) < 4.78 is 32.3. The van der Waals surface area contributed by atoms with Gasteiger partial charge >= 0.3 is 0 Å². The lowest BCUT2D eigenvalue weighted by Gasteiger charge is -2.09. The number of benzene rings is 1. The second-order valence-corrected chi connectivity index (χ2v) is 4.63. The van der Waals surface area contributed by atoms with Crippen LogP contribution in [0.2, 0.25) is 0 Å². The smallest absolute Gasteiger partial charge is 0.137 e. The molecule has 5 heteroatoms. The van der Waals surface area contributed by atoms with E-state index < -0.39 is 11.6 Å². The lowest BCUT2D eigenvalue weighted by molar-refractivity contribution is 0.297. The average molecular weight is 314 g/mol. The van der Waals surface area contributed by atoms with Gasteiger partial charge in [0.1, 0.15) is 24.0 Å². The fourth-order valence-corrected chi connectivity index (χ4v) is 1.75. The predicted molar refractivity (Wildman–Crippen MR) is 67.4 cm³/mol. The van der Waals surface area contributed by atoms with E-state index in [4.69, 9.17) is 4.74 Å². The average Bonchev–Trinajstić information content (AvgIpc) is 2.32. The zero-order valence-corrected chi connectivity index (χ0v) is 11.2. The molecule has 2 nitrogen and oxygen atoms in total.